The van der Waals surface area contributed by atoms with Crippen LogP contribution in [0.1, 0.15) is 41.5 Å². The number of carbonyl (C=O) groups excluding carboxylic acids is 2. The van der Waals surface area contributed by atoms with Crippen LogP contribution in [0.3, 0.4) is 0 Å². The van der Waals surface area contributed by atoms with E-state index < -0.39 is 23.4 Å². The summed E-state index contributed by atoms with van der Waals surface area (Å²) in [5.74, 6) is 0. The van der Waals surface area contributed by atoms with Crippen molar-refractivity contribution in [2.45, 2.75) is 52.7 Å². The molecule has 0 fully saturated rings. The van der Waals surface area contributed by atoms with Gasteiger partial charge in [-0.15, -0.1) is 0 Å². The van der Waals surface area contributed by atoms with Crippen LogP contribution < -0.4 is 16.0 Å². The first-order valence-electron chi connectivity index (χ1n) is 7.79. The van der Waals surface area contributed by atoms with Gasteiger partial charge >= 0.3 is 12.2 Å². The second-order valence-electron chi connectivity index (χ2n) is 6.99. The lowest BCUT2D eigenvalue weighted by Crippen LogP contribution is -2.36. The molecule has 0 aliphatic heterocycles. The Kier molecular flexibility index (Phi) is 9.32. The van der Waals surface area contributed by atoms with Gasteiger partial charge in [0, 0.05) is 26.2 Å². The summed E-state index contributed by atoms with van der Waals surface area (Å²) in [6.07, 6.45) is 2.87. The molecule has 0 aromatic heterocycles. The lowest BCUT2D eigenvalue weighted by atomic mass is 10.2. The quantitative estimate of drug-likeness (QED) is 0.492. The minimum absolute atomic E-state index is 0.409. The molecule has 0 heterocycles. The number of rotatable bonds is 7. The molecule has 23 heavy (non-hydrogen) atoms. The van der Waals surface area contributed by atoms with Crippen LogP contribution >= 0.6 is 0 Å². The molecule has 0 aliphatic rings. The van der Waals surface area contributed by atoms with E-state index in [4.69, 9.17) is 9.47 Å². The van der Waals surface area contributed by atoms with Crippen LogP contribution in [0.25, 0.3) is 0 Å². The molecule has 7 heteroatoms. The lowest BCUT2D eigenvalue weighted by molar-refractivity contribution is 0.0519. The number of carbonyl (C=O) groups is 2. The molecule has 2 amide bonds. The SMILES string of the molecule is CC(C)(C)OC(=O)NC/C=C/CNCCNC(=O)OC(C)(C)C. The molecule has 0 aromatic rings. The molecule has 0 unspecified atom stereocenters. The molecule has 3 N–H and O–H groups in total. The summed E-state index contributed by atoms with van der Waals surface area (Å²) < 4.78 is 10.2. The maximum atomic E-state index is 11.4. The number of nitrogens with one attached hydrogen (secondary N) is 3. The van der Waals surface area contributed by atoms with Crippen LogP contribution in [-0.2, 0) is 9.47 Å². The van der Waals surface area contributed by atoms with Crippen LogP contribution in [0, 0.1) is 0 Å². The van der Waals surface area contributed by atoms with Gasteiger partial charge in [-0.2, -0.15) is 0 Å². The third-order valence-corrected chi connectivity index (χ3v) is 2.16. The van der Waals surface area contributed by atoms with Gasteiger partial charge in [-0.25, -0.2) is 9.59 Å². The van der Waals surface area contributed by atoms with Crippen LogP contribution in [0.15, 0.2) is 12.2 Å². The first-order chi connectivity index (χ1) is 10.5. The van der Waals surface area contributed by atoms with Gasteiger partial charge in [0.25, 0.3) is 0 Å². The summed E-state index contributed by atoms with van der Waals surface area (Å²) in [5, 5.41) is 8.41. The fraction of sp³-hybridized carbons (Fsp3) is 0.750. The summed E-state index contributed by atoms with van der Waals surface area (Å²) in [4.78, 5) is 22.7. The zero-order valence-corrected chi connectivity index (χ0v) is 15.1. The topological polar surface area (TPSA) is 88.7 Å². The molecule has 7 nitrogen and oxygen atoms in total. The van der Waals surface area contributed by atoms with Crippen LogP contribution in [0.2, 0.25) is 0 Å². The standard InChI is InChI=1S/C16H31N3O4/c1-15(2,3)22-13(20)18-10-8-7-9-17-11-12-19-14(21)23-16(4,5)6/h7-8,17H,9-12H2,1-6H3,(H,18,20)(H,19,21)/b8-7+. The molecular formula is C16H31N3O4. The van der Waals surface area contributed by atoms with E-state index in [9.17, 15) is 9.59 Å². The first kappa shape index (κ1) is 21.2. The predicted molar refractivity (Wildman–Crippen MR) is 90.5 cm³/mol. The Bertz CT molecular complexity index is 395. The average molecular weight is 329 g/mol. The molecule has 0 spiro atoms. The Labute approximate surface area is 139 Å². The highest BCUT2D eigenvalue weighted by molar-refractivity contribution is 5.68. The Morgan fingerprint density at radius 1 is 0.783 bits per heavy atom. The summed E-state index contributed by atoms with van der Waals surface area (Å²) in [5.41, 5.74) is -0.974. The zero-order chi connectivity index (χ0) is 17.9. The van der Waals surface area contributed by atoms with Crippen LogP contribution in [-0.4, -0.2) is 49.6 Å². The van der Waals surface area contributed by atoms with Gasteiger partial charge in [0.15, 0.2) is 0 Å². The van der Waals surface area contributed by atoms with Crippen molar-refractivity contribution in [1.29, 1.82) is 0 Å². The first-order valence-corrected chi connectivity index (χ1v) is 7.79. The van der Waals surface area contributed by atoms with Gasteiger partial charge in [0.2, 0.25) is 0 Å². The molecule has 0 saturated heterocycles. The largest absolute Gasteiger partial charge is 0.444 e. The summed E-state index contributed by atoms with van der Waals surface area (Å²) in [6, 6.07) is 0. The van der Waals surface area contributed by atoms with Crippen molar-refractivity contribution in [3.05, 3.63) is 12.2 Å². The van der Waals surface area contributed by atoms with Crippen LogP contribution in [0.5, 0.6) is 0 Å². The van der Waals surface area contributed by atoms with Crippen LogP contribution in [0.4, 0.5) is 9.59 Å². The van der Waals surface area contributed by atoms with Gasteiger partial charge in [-0.1, -0.05) is 12.2 Å². The fourth-order valence-corrected chi connectivity index (χ4v) is 1.38. The van der Waals surface area contributed by atoms with E-state index in [0.29, 0.717) is 26.2 Å². The fourth-order valence-electron chi connectivity index (χ4n) is 1.38. The maximum absolute atomic E-state index is 11.4. The van der Waals surface area contributed by atoms with Gasteiger partial charge in [0.1, 0.15) is 11.2 Å². The van der Waals surface area contributed by atoms with E-state index in [1.807, 2.05) is 53.7 Å². The molecule has 0 aromatic carbocycles. The zero-order valence-electron chi connectivity index (χ0n) is 15.1. The molecule has 0 saturated carbocycles. The van der Waals surface area contributed by atoms with Crippen molar-refractivity contribution in [2.75, 3.05) is 26.2 Å². The minimum Gasteiger partial charge on any atom is -0.444 e. The molecule has 0 radical (unpaired) electrons. The smallest absolute Gasteiger partial charge is 0.407 e. The van der Waals surface area contributed by atoms with Gasteiger partial charge in [-0.3, -0.25) is 0 Å². The van der Waals surface area contributed by atoms with Crippen molar-refractivity contribution in [1.82, 2.24) is 16.0 Å². The second kappa shape index (κ2) is 10.1. The average Bonchev–Trinajstić information content (AvgIpc) is 2.32. The number of ether oxygens (including phenoxy) is 2. The van der Waals surface area contributed by atoms with Gasteiger partial charge in [0.05, 0.1) is 0 Å². The second-order valence-corrected chi connectivity index (χ2v) is 6.99. The van der Waals surface area contributed by atoms with Gasteiger partial charge in [-0.05, 0) is 41.5 Å². The van der Waals surface area contributed by atoms with E-state index >= 15 is 0 Å². The molecule has 0 atom stereocenters. The molecule has 0 bridgehead atoms. The molecule has 0 rings (SSSR count). The highest BCUT2D eigenvalue weighted by Gasteiger charge is 2.15. The lowest BCUT2D eigenvalue weighted by Gasteiger charge is -2.19. The Morgan fingerprint density at radius 2 is 1.26 bits per heavy atom. The van der Waals surface area contributed by atoms with E-state index in [0.717, 1.165) is 0 Å². The predicted octanol–water partition coefficient (Wildman–Crippen LogP) is 2.18. The number of amides is 2. The number of hydrogen-bond acceptors (Lipinski definition) is 5. The monoisotopic (exact) mass is 329 g/mol. The van der Waals surface area contributed by atoms with Crippen molar-refractivity contribution in [3.63, 3.8) is 0 Å². The summed E-state index contributed by atoms with van der Waals surface area (Å²) in [7, 11) is 0. The minimum atomic E-state index is -0.490. The normalized spacial score (nSPS) is 12.1. The third kappa shape index (κ3) is 16.4. The van der Waals surface area contributed by atoms with E-state index in [1.165, 1.54) is 0 Å². The maximum Gasteiger partial charge on any atom is 0.407 e. The van der Waals surface area contributed by atoms with E-state index in [-0.39, 0.29) is 0 Å². The molecule has 0 aliphatic carbocycles. The van der Waals surface area contributed by atoms with Crippen molar-refractivity contribution in [2.24, 2.45) is 0 Å². The third-order valence-electron chi connectivity index (χ3n) is 2.16. The highest BCUT2D eigenvalue weighted by atomic mass is 16.6. The van der Waals surface area contributed by atoms with Crippen molar-refractivity contribution >= 4 is 12.2 Å². The Hall–Kier alpha value is -1.76. The molecular weight excluding hydrogens is 298 g/mol. The summed E-state index contributed by atoms with van der Waals surface area (Å²) >= 11 is 0. The Balaban J connectivity index is 3.55. The molecule has 134 valence electrons. The highest BCUT2D eigenvalue weighted by Crippen LogP contribution is 2.06. The van der Waals surface area contributed by atoms with Gasteiger partial charge < -0.3 is 25.4 Å². The summed E-state index contributed by atoms with van der Waals surface area (Å²) in [6.45, 7) is 13.1. The number of hydrogen-bond donors (Lipinski definition) is 3. The Morgan fingerprint density at radius 3 is 1.78 bits per heavy atom. The van der Waals surface area contributed by atoms with E-state index in [1.54, 1.807) is 0 Å². The number of alkyl carbamates (subject to hydrolysis) is 2. The van der Waals surface area contributed by atoms with Crippen molar-refractivity contribution < 1.29 is 19.1 Å². The van der Waals surface area contributed by atoms with E-state index in [2.05, 4.69) is 16.0 Å². The van der Waals surface area contributed by atoms with Crippen molar-refractivity contribution in [3.8, 4) is 0 Å².